The number of anilines is 2. The Labute approximate surface area is 226 Å². The second-order valence-corrected chi connectivity index (χ2v) is 10.3. The zero-order chi connectivity index (χ0) is 26.7. The third kappa shape index (κ3) is 6.24. The molecule has 3 aromatic rings. The smallest absolute Gasteiger partial charge is 0.283 e. The van der Waals surface area contributed by atoms with Gasteiger partial charge in [0.2, 0.25) is 5.91 Å². The first-order valence-electron chi connectivity index (χ1n) is 11.7. The fourth-order valence-corrected chi connectivity index (χ4v) is 5.32. The quantitative estimate of drug-likeness (QED) is 0.358. The van der Waals surface area contributed by atoms with Gasteiger partial charge in [0.05, 0.1) is 29.3 Å². The SMILES string of the molecule is COc1ccc(/C=C2\N=C(SCC(=O)Nc3c(C)cc(C)cc3Cl)N(c3cc(C)cc(C)c3)C2=O)cc1. The molecule has 0 unspecified atom stereocenters. The monoisotopic (exact) mass is 533 g/mol. The normalized spacial score (nSPS) is 14.2. The fraction of sp³-hybridized carbons (Fsp3) is 0.207. The first kappa shape index (κ1) is 26.5. The van der Waals surface area contributed by atoms with Crippen molar-refractivity contribution in [3.8, 4) is 5.75 Å². The molecule has 1 N–H and O–H groups in total. The largest absolute Gasteiger partial charge is 0.497 e. The number of methoxy groups -OCH3 is 1. The van der Waals surface area contributed by atoms with Crippen LogP contribution in [0.5, 0.6) is 5.75 Å². The number of carbonyl (C=O) groups excluding carboxylic acids is 2. The third-order valence-electron chi connectivity index (χ3n) is 5.74. The lowest BCUT2D eigenvalue weighted by molar-refractivity contribution is -0.114. The highest BCUT2D eigenvalue weighted by Crippen LogP contribution is 2.32. The molecule has 37 heavy (non-hydrogen) atoms. The number of aliphatic imine (C=N–C) groups is 1. The van der Waals surface area contributed by atoms with E-state index in [4.69, 9.17) is 16.3 Å². The van der Waals surface area contributed by atoms with Gasteiger partial charge in [0.25, 0.3) is 5.91 Å². The molecule has 0 aliphatic carbocycles. The van der Waals surface area contributed by atoms with E-state index in [1.54, 1.807) is 18.1 Å². The summed E-state index contributed by atoms with van der Waals surface area (Å²) in [5.41, 5.74) is 6.39. The summed E-state index contributed by atoms with van der Waals surface area (Å²) in [6.45, 7) is 7.82. The number of amidine groups is 1. The molecule has 0 fully saturated rings. The Balaban J connectivity index is 1.61. The van der Waals surface area contributed by atoms with Crippen LogP contribution in [-0.4, -0.2) is 29.8 Å². The minimum Gasteiger partial charge on any atom is -0.497 e. The zero-order valence-corrected chi connectivity index (χ0v) is 23.0. The van der Waals surface area contributed by atoms with E-state index in [0.717, 1.165) is 33.6 Å². The second-order valence-electron chi connectivity index (χ2n) is 8.96. The minimum absolute atomic E-state index is 0.0624. The van der Waals surface area contributed by atoms with Crippen molar-refractivity contribution >= 4 is 57.8 Å². The number of halogens is 1. The van der Waals surface area contributed by atoms with Gasteiger partial charge in [-0.05, 0) is 91.9 Å². The molecule has 0 bridgehead atoms. The van der Waals surface area contributed by atoms with Crippen LogP contribution >= 0.6 is 23.4 Å². The highest BCUT2D eigenvalue weighted by molar-refractivity contribution is 8.14. The van der Waals surface area contributed by atoms with Crippen molar-refractivity contribution in [2.45, 2.75) is 27.7 Å². The number of thioether (sulfide) groups is 1. The molecule has 190 valence electrons. The Bertz CT molecular complexity index is 1390. The van der Waals surface area contributed by atoms with Crippen molar-refractivity contribution in [2.24, 2.45) is 4.99 Å². The summed E-state index contributed by atoms with van der Waals surface area (Å²) in [6.07, 6.45) is 1.74. The lowest BCUT2D eigenvalue weighted by Crippen LogP contribution is -2.31. The molecule has 1 heterocycles. The average Bonchev–Trinajstić information content (AvgIpc) is 3.14. The molecule has 0 saturated heterocycles. The van der Waals surface area contributed by atoms with Crippen LogP contribution in [0, 0.1) is 27.7 Å². The van der Waals surface area contributed by atoms with Gasteiger partial charge in [0, 0.05) is 0 Å². The molecule has 1 aliphatic rings. The van der Waals surface area contributed by atoms with Crippen molar-refractivity contribution in [3.05, 3.63) is 93.1 Å². The fourth-order valence-electron chi connectivity index (χ4n) is 4.14. The highest BCUT2D eigenvalue weighted by atomic mass is 35.5. The summed E-state index contributed by atoms with van der Waals surface area (Å²) < 4.78 is 5.22. The van der Waals surface area contributed by atoms with Crippen molar-refractivity contribution in [3.63, 3.8) is 0 Å². The molecule has 0 spiro atoms. The molecule has 8 heteroatoms. The maximum absolute atomic E-state index is 13.5. The molecule has 0 saturated carbocycles. The van der Waals surface area contributed by atoms with Crippen LogP contribution in [0.15, 0.2) is 65.3 Å². The molecular weight excluding hydrogens is 506 g/mol. The molecule has 0 aromatic heterocycles. The van der Waals surface area contributed by atoms with Crippen molar-refractivity contribution in [2.75, 3.05) is 23.1 Å². The first-order valence-corrected chi connectivity index (χ1v) is 13.1. The van der Waals surface area contributed by atoms with E-state index in [2.05, 4.69) is 10.3 Å². The predicted octanol–water partition coefficient (Wildman–Crippen LogP) is 6.70. The Hall–Kier alpha value is -3.55. The van der Waals surface area contributed by atoms with Gasteiger partial charge in [-0.15, -0.1) is 0 Å². The Kier molecular flexibility index (Phi) is 8.05. The summed E-state index contributed by atoms with van der Waals surface area (Å²) in [7, 11) is 1.60. The third-order valence-corrected chi connectivity index (χ3v) is 6.98. The number of nitrogens with zero attached hydrogens (tertiary/aromatic N) is 2. The zero-order valence-electron chi connectivity index (χ0n) is 21.4. The van der Waals surface area contributed by atoms with E-state index in [9.17, 15) is 9.59 Å². The number of carbonyl (C=O) groups is 2. The van der Waals surface area contributed by atoms with Crippen LogP contribution in [0.4, 0.5) is 11.4 Å². The predicted molar refractivity (Wildman–Crippen MR) is 154 cm³/mol. The standard InChI is InChI=1S/C29H28ClN3O3S/c1-17-10-18(2)13-22(12-17)33-28(35)25(15-21-6-8-23(36-5)9-7-21)31-29(33)37-16-26(34)32-27-20(4)11-19(3)14-24(27)30/h6-15H,16H2,1-5H3,(H,32,34)/b25-15-. The summed E-state index contributed by atoms with van der Waals surface area (Å²) in [6, 6.07) is 17.1. The molecule has 3 aromatic carbocycles. The molecular formula is C29H28ClN3O3S. The second kappa shape index (κ2) is 11.2. The van der Waals surface area contributed by atoms with Crippen LogP contribution in [0.3, 0.4) is 0 Å². The number of aryl methyl sites for hydroxylation is 4. The highest BCUT2D eigenvalue weighted by Gasteiger charge is 2.32. The van der Waals surface area contributed by atoms with Crippen LogP contribution in [0.2, 0.25) is 5.02 Å². The van der Waals surface area contributed by atoms with Gasteiger partial charge in [0.1, 0.15) is 11.4 Å². The Morgan fingerprint density at radius 3 is 2.30 bits per heavy atom. The van der Waals surface area contributed by atoms with E-state index < -0.39 is 0 Å². The van der Waals surface area contributed by atoms with Crippen LogP contribution < -0.4 is 15.0 Å². The lowest BCUT2D eigenvalue weighted by atomic mass is 10.1. The van der Waals surface area contributed by atoms with Gasteiger partial charge >= 0.3 is 0 Å². The van der Waals surface area contributed by atoms with Gasteiger partial charge in [-0.1, -0.05) is 47.6 Å². The van der Waals surface area contributed by atoms with Crippen LogP contribution in [-0.2, 0) is 9.59 Å². The topological polar surface area (TPSA) is 71.0 Å². The molecule has 0 atom stereocenters. The molecule has 2 amide bonds. The Morgan fingerprint density at radius 1 is 1.03 bits per heavy atom. The van der Waals surface area contributed by atoms with Gasteiger partial charge in [-0.25, -0.2) is 4.99 Å². The average molecular weight is 534 g/mol. The number of ether oxygens (including phenoxy) is 1. The number of amides is 2. The lowest BCUT2D eigenvalue weighted by Gasteiger charge is -2.19. The number of hydrogen-bond acceptors (Lipinski definition) is 5. The molecule has 1 aliphatic heterocycles. The number of benzene rings is 3. The summed E-state index contributed by atoms with van der Waals surface area (Å²) >= 11 is 7.56. The van der Waals surface area contributed by atoms with Gasteiger partial charge < -0.3 is 10.1 Å². The molecule has 6 nitrogen and oxygen atoms in total. The summed E-state index contributed by atoms with van der Waals surface area (Å²) in [5.74, 6) is 0.307. The minimum atomic E-state index is -0.249. The molecule has 0 radical (unpaired) electrons. The Morgan fingerprint density at radius 2 is 1.68 bits per heavy atom. The summed E-state index contributed by atoms with van der Waals surface area (Å²) in [5, 5.41) is 3.83. The van der Waals surface area contributed by atoms with Crippen LogP contribution in [0.25, 0.3) is 6.08 Å². The van der Waals surface area contributed by atoms with E-state index in [1.807, 2.05) is 82.3 Å². The van der Waals surface area contributed by atoms with E-state index in [1.165, 1.54) is 11.8 Å². The number of rotatable bonds is 6. The van der Waals surface area contributed by atoms with Gasteiger partial charge in [-0.3, -0.25) is 14.5 Å². The van der Waals surface area contributed by atoms with E-state index in [0.29, 0.717) is 27.3 Å². The van der Waals surface area contributed by atoms with Crippen molar-refractivity contribution in [1.82, 2.24) is 0 Å². The van der Waals surface area contributed by atoms with Crippen molar-refractivity contribution < 1.29 is 14.3 Å². The van der Waals surface area contributed by atoms with Gasteiger partial charge in [0.15, 0.2) is 5.17 Å². The maximum Gasteiger partial charge on any atom is 0.283 e. The molecule has 4 rings (SSSR count). The van der Waals surface area contributed by atoms with Gasteiger partial charge in [-0.2, -0.15) is 0 Å². The van der Waals surface area contributed by atoms with E-state index >= 15 is 0 Å². The number of nitrogens with one attached hydrogen (secondary N) is 1. The summed E-state index contributed by atoms with van der Waals surface area (Å²) in [4.78, 5) is 32.6. The first-order chi connectivity index (χ1) is 17.6. The maximum atomic E-state index is 13.5. The van der Waals surface area contributed by atoms with E-state index in [-0.39, 0.29) is 17.6 Å². The van der Waals surface area contributed by atoms with Crippen LogP contribution in [0.1, 0.15) is 27.8 Å². The van der Waals surface area contributed by atoms with Crippen molar-refractivity contribution in [1.29, 1.82) is 0 Å². The number of hydrogen-bond donors (Lipinski definition) is 1.